The Balaban J connectivity index is 2.68. The third kappa shape index (κ3) is 1.73. The fourth-order valence-electron chi connectivity index (χ4n) is 0.969. The van der Waals surface area contributed by atoms with E-state index in [2.05, 4.69) is 15.0 Å². The molecule has 0 amide bonds. The van der Waals surface area contributed by atoms with Gasteiger partial charge < -0.3 is 0 Å². The molecule has 2 rings (SSSR count). The molecule has 5 heteroatoms. The molecule has 0 atom stereocenters. The number of rotatable bonds is 1. The van der Waals surface area contributed by atoms with Crippen molar-refractivity contribution in [3.05, 3.63) is 23.5 Å². The molecule has 2 aromatic rings. The van der Waals surface area contributed by atoms with Gasteiger partial charge in [-0.05, 0) is 18.4 Å². The summed E-state index contributed by atoms with van der Waals surface area (Å²) in [6, 6.07) is 3.58. The topological polar surface area (TPSA) is 38.7 Å². The zero-order valence-electron chi connectivity index (χ0n) is 6.86. The molecule has 66 valence electrons. The van der Waals surface area contributed by atoms with Crippen molar-refractivity contribution in [3.8, 4) is 0 Å². The zero-order chi connectivity index (χ0) is 9.26. The van der Waals surface area contributed by atoms with E-state index >= 15 is 0 Å². The molecule has 0 fully saturated rings. The van der Waals surface area contributed by atoms with Crippen molar-refractivity contribution in [1.29, 1.82) is 0 Å². The first-order valence-corrected chi connectivity index (χ1v) is 5.23. The Morgan fingerprint density at radius 1 is 1.31 bits per heavy atom. The maximum absolute atomic E-state index is 5.74. The van der Waals surface area contributed by atoms with Crippen LogP contribution in [0.5, 0.6) is 0 Å². The van der Waals surface area contributed by atoms with Crippen LogP contribution in [0.4, 0.5) is 0 Å². The van der Waals surface area contributed by atoms with Gasteiger partial charge in [-0.25, -0.2) is 15.0 Å². The van der Waals surface area contributed by atoms with Gasteiger partial charge in [0.05, 0.1) is 0 Å². The quantitative estimate of drug-likeness (QED) is 0.413. The van der Waals surface area contributed by atoms with Gasteiger partial charge in [-0.1, -0.05) is 23.4 Å². The smallest absolute Gasteiger partial charge is 0.189 e. The highest BCUT2D eigenvalue weighted by Gasteiger charge is 2.00. The summed E-state index contributed by atoms with van der Waals surface area (Å²) in [6.45, 7) is 0. The monoisotopic (exact) mass is 211 g/mol. The van der Waals surface area contributed by atoms with Gasteiger partial charge in [-0.3, -0.25) is 0 Å². The number of halogens is 1. The molecule has 13 heavy (non-hydrogen) atoms. The molecule has 0 N–H and O–H groups in total. The molecule has 0 unspecified atom stereocenters. The van der Waals surface area contributed by atoms with Crippen LogP contribution < -0.4 is 0 Å². The van der Waals surface area contributed by atoms with Gasteiger partial charge in [0.25, 0.3) is 0 Å². The van der Waals surface area contributed by atoms with Gasteiger partial charge in [0.2, 0.25) is 0 Å². The van der Waals surface area contributed by atoms with Crippen molar-refractivity contribution in [2.24, 2.45) is 0 Å². The third-order valence-corrected chi connectivity index (χ3v) is 2.34. The highest BCUT2D eigenvalue weighted by Crippen LogP contribution is 2.15. The van der Waals surface area contributed by atoms with Crippen LogP contribution in [0.1, 0.15) is 0 Å². The molecule has 0 aliphatic rings. The second-order valence-corrected chi connectivity index (χ2v) is 3.56. The summed E-state index contributed by atoms with van der Waals surface area (Å²) in [6.07, 6.45) is 3.67. The molecule has 3 nitrogen and oxygen atoms in total. The molecule has 0 aliphatic heterocycles. The molecular weight excluding hydrogens is 206 g/mol. The van der Waals surface area contributed by atoms with Gasteiger partial charge >= 0.3 is 0 Å². The summed E-state index contributed by atoms with van der Waals surface area (Å²) in [5, 5.41) is 2.07. The second kappa shape index (κ2) is 3.47. The molecule has 0 saturated carbocycles. The van der Waals surface area contributed by atoms with E-state index in [-0.39, 0.29) is 0 Å². The minimum absolute atomic E-state index is 0.457. The fraction of sp³-hybridized carbons (Fsp3) is 0.125. The summed E-state index contributed by atoms with van der Waals surface area (Å²) >= 11 is 7.22. The zero-order valence-corrected chi connectivity index (χ0v) is 8.43. The molecule has 0 aromatic carbocycles. The van der Waals surface area contributed by atoms with E-state index in [9.17, 15) is 0 Å². The lowest BCUT2D eigenvalue weighted by atomic mass is 10.3. The van der Waals surface area contributed by atoms with Crippen LogP contribution in [-0.2, 0) is 0 Å². The van der Waals surface area contributed by atoms with Crippen molar-refractivity contribution in [1.82, 2.24) is 15.0 Å². The Morgan fingerprint density at radius 2 is 2.15 bits per heavy atom. The maximum atomic E-state index is 5.74. The van der Waals surface area contributed by atoms with Crippen LogP contribution in [0.2, 0.25) is 5.15 Å². The van der Waals surface area contributed by atoms with E-state index in [1.165, 1.54) is 11.8 Å². The highest BCUT2D eigenvalue weighted by molar-refractivity contribution is 7.98. The van der Waals surface area contributed by atoms with E-state index < -0.39 is 0 Å². The predicted octanol–water partition coefficient (Wildman–Crippen LogP) is 2.40. The second-order valence-electron chi connectivity index (χ2n) is 2.40. The lowest BCUT2D eigenvalue weighted by molar-refractivity contribution is 0.992. The van der Waals surface area contributed by atoms with Crippen molar-refractivity contribution in [2.75, 3.05) is 6.26 Å². The fourth-order valence-corrected chi connectivity index (χ4v) is 1.45. The largest absolute Gasteiger partial charge is 0.230 e. The Kier molecular flexibility index (Phi) is 2.33. The first-order valence-electron chi connectivity index (χ1n) is 3.63. The molecule has 2 aromatic heterocycles. The minimum Gasteiger partial charge on any atom is -0.230 e. The van der Waals surface area contributed by atoms with Gasteiger partial charge in [-0.15, -0.1) is 0 Å². The number of fused-ring (bicyclic) bond motifs is 1. The average Bonchev–Trinajstić information content (AvgIpc) is 2.16. The summed E-state index contributed by atoms with van der Waals surface area (Å²) < 4.78 is 0. The minimum atomic E-state index is 0.457. The Morgan fingerprint density at radius 3 is 2.92 bits per heavy atom. The third-order valence-electron chi connectivity index (χ3n) is 1.57. The number of nitrogens with zero attached hydrogens (tertiary/aromatic N) is 3. The summed E-state index contributed by atoms with van der Waals surface area (Å²) in [5.41, 5.74) is 0.645. The standard InChI is InChI=1S/C8H6ClN3S/c1-13-8-10-4-5-2-3-6(9)11-7(5)12-8/h2-4H,1H3. The number of thioether (sulfide) groups is 1. The Bertz CT molecular complexity index is 446. The normalized spacial score (nSPS) is 10.6. The predicted molar refractivity (Wildman–Crippen MR) is 54.1 cm³/mol. The lowest BCUT2D eigenvalue weighted by Gasteiger charge is -1.97. The average molecular weight is 212 g/mol. The van der Waals surface area contributed by atoms with E-state index in [1.54, 1.807) is 12.3 Å². The van der Waals surface area contributed by atoms with E-state index in [4.69, 9.17) is 11.6 Å². The van der Waals surface area contributed by atoms with Gasteiger partial charge in [0.1, 0.15) is 5.15 Å². The molecule has 0 spiro atoms. The Hall–Kier alpha value is -0.870. The number of aromatic nitrogens is 3. The Labute approximate surface area is 84.6 Å². The van der Waals surface area contributed by atoms with Crippen LogP contribution >= 0.6 is 23.4 Å². The number of pyridine rings is 1. The summed E-state index contributed by atoms with van der Waals surface area (Å²) in [7, 11) is 0. The first kappa shape index (κ1) is 8.72. The van der Waals surface area contributed by atoms with Crippen LogP contribution in [0.15, 0.2) is 23.5 Å². The van der Waals surface area contributed by atoms with Crippen molar-refractivity contribution in [3.63, 3.8) is 0 Å². The van der Waals surface area contributed by atoms with Gasteiger partial charge in [0.15, 0.2) is 10.8 Å². The van der Waals surface area contributed by atoms with E-state index in [1.807, 2.05) is 12.3 Å². The van der Waals surface area contributed by atoms with Crippen molar-refractivity contribution >= 4 is 34.4 Å². The van der Waals surface area contributed by atoms with Crippen molar-refractivity contribution < 1.29 is 0 Å². The molecule has 0 radical (unpaired) electrons. The van der Waals surface area contributed by atoms with E-state index in [0.29, 0.717) is 16.0 Å². The summed E-state index contributed by atoms with van der Waals surface area (Å²) in [5.74, 6) is 0. The first-order chi connectivity index (χ1) is 6.29. The number of hydrogen-bond acceptors (Lipinski definition) is 4. The van der Waals surface area contributed by atoms with Crippen LogP contribution in [0, 0.1) is 0 Å². The summed E-state index contributed by atoms with van der Waals surface area (Å²) in [4.78, 5) is 12.4. The molecule has 0 bridgehead atoms. The SMILES string of the molecule is CSc1ncc2ccc(Cl)nc2n1. The molecule has 2 heterocycles. The van der Waals surface area contributed by atoms with Crippen molar-refractivity contribution in [2.45, 2.75) is 5.16 Å². The molecule has 0 aliphatic carbocycles. The lowest BCUT2D eigenvalue weighted by Crippen LogP contribution is -1.89. The maximum Gasteiger partial charge on any atom is 0.189 e. The van der Waals surface area contributed by atoms with Crippen LogP contribution in [0.25, 0.3) is 11.0 Å². The van der Waals surface area contributed by atoms with Gasteiger partial charge in [0, 0.05) is 11.6 Å². The highest BCUT2D eigenvalue weighted by atomic mass is 35.5. The van der Waals surface area contributed by atoms with Crippen LogP contribution in [0.3, 0.4) is 0 Å². The van der Waals surface area contributed by atoms with Crippen LogP contribution in [-0.4, -0.2) is 21.2 Å². The molecule has 0 saturated heterocycles. The van der Waals surface area contributed by atoms with Gasteiger partial charge in [-0.2, -0.15) is 0 Å². The molecular formula is C8H6ClN3S. The van der Waals surface area contributed by atoms with E-state index in [0.717, 1.165) is 5.39 Å². The number of hydrogen-bond donors (Lipinski definition) is 0.